The summed E-state index contributed by atoms with van der Waals surface area (Å²) < 4.78 is 39.8. The van der Waals surface area contributed by atoms with E-state index in [0.29, 0.717) is 23.7 Å². The van der Waals surface area contributed by atoms with E-state index in [1.54, 1.807) is 25.1 Å². The van der Waals surface area contributed by atoms with Crippen LogP contribution < -0.4 is 5.32 Å². The smallest absolute Gasteiger partial charge is 0.243 e. The van der Waals surface area contributed by atoms with Crippen LogP contribution in [0.5, 0.6) is 0 Å². The van der Waals surface area contributed by atoms with E-state index in [9.17, 15) is 17.6 Å². The third kappa shape index (κ3) is 4.86. The Morgan fingerprint density at radius 3 is 2.43 bits per heavy atom. The number of rotatable bonds is 6. The molecule has 150 valence electrons. The summed E-state index contributed by atoms with van der Waals surface area (Å²) in [7, 11) is -3.48. The molecule has 0 saturated carbocycles. The topological polar surface area (TPSA) is 66.5 Å². The Hall–Kier alpha value is -1.61. The van der Waals surface area contributed by atoms with E-state index in [0.717, 1.165) is 12.8 Å². The van der Waals surface area contributed by atoms with Crippen LogP contribution in [0.2, 0.25) is 5.02 Å². The number of anilines is 1. The van der Waals surface area contributed by atoms with Crippen LogP contribution in [-0.4, -0.2) is 37.0 Å². The first-order valence-electron chi connectivity index (χ1n) is 8.80. The maximum absolute atomic E-state index is 13.2. The predicted octanol–water partition coefficient (Wildman–Crippen LogP) is 4.38. The van der Waals surface area contributed by atoms with Crippen molar-refractivity contribution in [3.8, 4) is 0 Å². The lowest BCUT2D eigenvalue weighted by molar-refractivity contribution is -0.115. The van der Waals surface area contributed by atoms with Crippen molar-refractivity contribution in [3.63, 3.8) is 0 Å². The Labute approximate surface area is 173 Å². The number of halogens is 2. The second-order valence-electron chi connectivity index (χ2n) is 6.46. The molecule has 1 atom stereocenters. The highest BCUT2D eigenvalue weighted by Gasteiger charge is 2.27. The van der Waals surface area contributed by atoms with E-state index in [2.05, 4.69) is 5.32 Å². The molecular weight excluding hydrogens is 423 g/mol. The normalized spacial score (nSPS) is 16.1. The maximum Gasteiger partial charge on any atom is 0.243 e. The van der Waals surface area contributed by atoms with Crippen LogP contribution in [-0.2, 0) is 14.8 Å². The van der Waals surface area contributed by atoms with E-state index in [1.807, 2.05) is 0 Å². The number of hydrogen-bond acceptors (Lipinski definition) is 4. The lowest BCUT2D eigenvalue weighted by atomic mass is 10.3. The summed E-state index contributed by atoms with van der Waals surface area (Å²) in [5.74, 6) is -0.757. The fourth-order valence-corrected chi connectivity index (χ4v) is 5.51. The van der Waals surface area contributed by atoms with Gasteiger partial charge in [-0.1, -0.05) is 11.6 Å². The molecule has 1 heterocycles. The van der Waals surface area contributed by atoms with Gasteiger partial charge in [0.1, 0.15) is 5.82 Å². The molecule has 1 saturated heterocycles. The fourth-order valence-electron chi connectivity index (χ4n) is 2.84. The van der Waals surface area contributed by atoms with Crippen molar-refractivity contribution in [2.75, 3.05) is 18.4 Å². The SMILES string of the molecule is CC(Sc1ccc(F)c(Cl)c1)C(=O)Nc1ccc(S(=O)(=O)N2CCCC2)cc1. The first-order valence-corrected chi connectivity index (χ1v) is 11.5. The Morgan fingerprint density at radius 2 is 1.82 bits per heavy atom. The van der Waals surface area contributed by atoms with E-state index < -0.39 is 21.1 Å². The van der Waals surface area contributed by atoms with Crippen LogP contribution >= 0.6 is 23.4 Å². The number of benzene rings is 2. The largest absolute Gasteiger partial charge is 0.325 e. The van der Waals surface area contributed by atoms with E-state index in [-0.39, 0.29) is 15.8 Å². The molecule has 28 heavy (non-hydrogen) atoms. The number of sulfonamides is 1. The molecule has 0 spiro atoms. The Balaban J connectivity index is 1.62. The van der Waals surface area contributed by atoms with Crippen LogP contribution in [0, 0.1) is 5.82 Å². The number of thioether (sulfide) groups is 1. The molecule has 1 fully saturated rings. The fraction of sp³-hybridized carbons (Fsp3) is 0.316. The minimum absolute atomic E-state index is 0.00686. The number of amides is 1. The number of nitrogens with zero attached hydrogens (tertiary/aromatic N) is 1. The van der Waals surface area contributed by atoms with Gasteiger partial charge in [-0.2, -0.15) is 4.31 Å². The van der Waals surface area contributed by atoms with Crippen molar-refractivity contribution < 1.29 is 17.6 Å². The van der Waals surface area contributed by atoms with Gasteiger partial charge in [0.2, 0.25) is 15.9 Å². The lowest BCUT2D eigenvalue weighted by Gasteiger charge is -2.16. The van der Waals surface area contributed by atoms with Crippen molar-refractivity contribution in [2.24, 2.45) is 0 Å². The molecule has 3 rings (SSSR count). The van der Waals surface area contributed by atoms with Gasteiger partial charge in [0, 0.05) is 23.7 Å². The first-order chi connectivity index (χ1) is 13.3. The minimum Gasteiger partial charge on any atom is -0.325 e. The molecular formula is C19H20ClFN2O3S2. The third-order valence-electron chi connectivity index (χ3n) is 4.40. The Kier molecular flexibility index (Phi) is 6.65. The van der Waals surface area contributed by atoms with Gasteiger partial charge < -0.3 is 5.32 Å². The van der Waals surface area contributed by atoms with Crippen molar-refractivity contribution in [1.82, 2.24) is 4.31 Å². The highest BCUT2D eigenvalue weighted by molar-refractivity contribution is 8.00. The highest BCUT2D eigenvalue weighted by atomic mass is 35.5. The molecule has 2 aromatic carbocycles. The third-order valence-corrected chi connectivity index (χ3v) is 7.69. The van der Waals surface area contributed by atoms with Gasteiger partial charge in [0.25, 0.3) is 0 Å². The van der Waals surface area contributed by atoms with Gasteiger partial charge in [-0.25, -0.2) is 12.8 Å². The molecule has 1 amide bonds. The average Bonchev–Trinajstić information content (AvgIpc) is 3.21. The molecule has 1 unspecified atom stereocenters. The number of hydrogen-bond donors (Lipinski definition) is 1. The molecule has 0 radical (unpaired) electrons. The number of carbonyl (C=O) groups excluding carboxylic acids is 1. The Bertz CT molecular complexity index is 962. The standard InChI is InChI=1S/C19H20ClFN2O3S2/c1-13(27-15-6-9-18(21)17(20)12-15)19(24)22-14-4-7-16(8-5-14)28(25,26)23-10-2-3-11-23/h4-9,12-13H,2-3,10-11H2,1H3,(H,22,24). The lowest BCUT2D eigenvalue weighted by Crippen LogP contribution is -2.27. The monoisotopic (exact) mass is 442 g/mol. The summed E-state index contributed by atoms with van der Waals surface area (Å²) in [6, 6.07) is 10.5. The second kappa shape index (κ2) is 8.82. The molecule has 2 aromatic rings. The van der Waals surface area contributed by atoms with E-state index >= 15 is 0 Å². The molecule has 9 heteroatoms. The molecule has 0 bridgehead atoms. The summed E-state index contributed by atoms with van der Waals surface area (Å²) in [6.07, 6.45) is 1.75. The average molecular weight is 443 g/mol. The molecule has 1 aliphatic heterocycles. The van der Waals surface area contributed by atoms with Gasteiger partial charge >= 0.3 is 0 Å². The molecule has 0 aliphatic carbocycles. The molecule has 1 N–H and O–H groups in total. The van der Waals surface area contributed by atoms with Crippen LogP contribution in [0.25, 0.3) is 0 Å². The molecule has 0 aromatic heterocycles. The second-order valence-corrected chi connectivity index (χ2v) is 10.2. The van der Waals surface area contributed by atoms with Gasteiger partial charge in [-0.05, 0) is 62.2 Å². The predicted molar refractivity (Wildman–Crippen MR) is 110 cm³/mol. The first kappa shape index (κ1) is 21.1. The van der Waals surface area contributed by atoms with Crippen LogP contribution in [0.1, 0.15) is 19.8 Å². The molecule has 5 nitrogen and oxygen atoms in total. The van der Waals surface area contributed by atoms with Crippen molar-refractivity contribution in [1.29, 1.82) is 0 Å². The summed E-state index contributed by atoms with van der Waals surface area (Å²) in [5.41, 5.74) is 0.509. The van der Waals surface area contributed by atoms with Crippen LogP contribution in [0.4, 0.5) is 10.1 Å². The number of carbonyl (C=O) groups is 1. The zero-order chi connectivity index (χ0) is 20.3. The highest BCUT2D eigenvalue weighted by Crippen LogP contribution is 2.28. The van der Waals surface area contributed by atoms with Crippen LogP contribution in [0.3, 0.4) is 0 Å². The van der Waals surface area contributed by atoms with E-state index in [4.69, 9.17) is 11.6 Å². The Morgan fingerprint density at radius 1 is 1.18 bits per heavy atom. The van der Waals surface area contributed by atoms with Gasteiger partial charge in [-0.15, -0.1) is 11.8 Å². The van der Waals surface area contributed by atoms with Crippen LogP contribution in [0.15, 0.2) is 52.3 Å². The zero-order valence-electron chi connectivity index (χ0n) is 15.2. The quantitative estimate of drug-likeness (QED) is 0.674. The summed E-state index contributed by atoms with van der Waals surface area (Å²) in [5, 5.41) is 2.32. The van der Waals surface area contributed by atoms with E-state index in [1.165, 1.54) is 40.3 Å². The minimum atomic E-state index is -3.48. The molecule has 1 aliphatic rings. The maximum atomic E-state index is 13.2. The van der Waals surface area contributed by atoms with Gasteiger partial charge in [0.15, 0.2) is 0 Å². The summed E-state index contributed by atoms with van der Waals surface area (Å²) in [4.78, 5) is 13.3. The van der Waals surface area contributed by atoms with Crippen molar-refractivity contribution >= 4 is 45.0 Å². The zero-order valence-corrected chi connectivity index (χ0v) is 17.6. The van der Waals surface area contributed by atoms with Gasteiger partial charge in [-0.3, -0.25) is 4.79 Å². The van der Waals surface area contributed by atoms with Crippen molar-refractivity contribution in [3.05, 3.63) is 53.3 Å². The van der Waals surface area contributed by atoms with Crippen molar-refractivity contribution in [2.45, 2.75) is 34.8 Å². The van der Waals surface area contributed by atoms with Gasteiger partial charge in [0.05, 0.1) is 15.2 Å². The number of nitrogens with one attached hydrogen (secondary N) is 1. The summed E-state index contributed by atoms with van der Waals surface area (Å²) >= 11 is 7.02. The summed E-state index contributed by atoms with van der Waals surface area (Å²) in [6.45, 7) is 2.81.